The number of carbonyl (C=O) groups excluding carboxylic acids is 2. The van der Waals surface area contributed by atoms with Gasteiger partial charge in [-0.2, -0.15) is 0 Å². The lowest BCUT2D eigenvalue weighted by atomic mass is 10.1. The smallest absolute Gasteiger partial charge is 0.259 e. The van der Waals surface area contributed by atoms with E-state index < -0.39 is 17.3 Å². The summed E-state index contributed by atoms with van der Waals surface area (Å²) < 4.78 is 27.5. The van der Waals surface area contributed by atoms with Gasteiger partial charge in [0.2, 0.25) is 5.91 Å². The zero-order chi connectivity index (χ0) is 34.4. The fraction of sp³-hybridized carbons (Fsp3) is 0.306. The third-order valence-electron chi connectivity index (χ3n) is 6.72. The molecule has 0 atom stereocenters. The number of hydrogen-bond donors (Lipinski definition) is 3. The van der Waals surface area contributed by atoms with Crippen LogP contribution in [0.4, 0.5) is 21.6 Å². The minimum absolute atomic E-state index is 0.00650. The maximum absolute atomic E-state index is 14.9. The Balaban J connectivity index is 0.00000177. The molecule has 0 fully saturated rings. The van der Waals surface area contributed by atoms with Crippen molar-refractivity contribution in [1.82, 2.24) is 9.88 Å². The molecule has 0 bridgehead atoms. The first-order chi connectivity index (χ1) is 22.1. The molecular formula is C36H45FN4O5. The Hall–Kier alpha value is -5.12. The lowest BCUT2D eigenvalue weighted by molar-refractivity contribution is -0.115. The predicted molar refractivity (Wildman–Crippen MR) is 183 cm³/mol. The van der Waals surface area contributed by atoms with Gasteiger partial charge >= 0.3 is 0 Å². The van der Waals surface area contributed by atoms with Crippen LogP contribution in [0, 0.1) is 19.7 Å². The maximum atomic E-state index is 14.9. The summed E-state index contributed by atoms with van der Waals surface area (Å²) in [4.78, 5) is 38.9. The highest BCUT2D eigenvalue weighted by atomic mass is 19.1. The summed E-state index contributed by atoms with van der Waals surface area (Å²) in [7, 11) is 3.05. The molecule has 9 nitrogen and oxygen atoms in total. The largest absolute Gasteiger partial charge is 0.497 e. The summed E-state index contributed by atoms with van der Waals surface area (Å²) in [5, 5.41) is 8.62. The number of benzene rings is 3. The van der Waals surface area contributed by atoms with Crippen LogP contribution in [0.2, 0.25) is 0 Å². The molecule has 0 unspecified atom stereocenters. The summed E-state index contributed by atoms with van der Waals surface area (Å²) in [5.74, 6) is -0.267. The molecule has 0 radical (unpaired) electrons. The Kier molecular flexibility index (Phi) is 14.5. The molecule has 0 aliphatic rings. The Morgan fingerprint density at radius 3 is 2.17 bits per heavy atom. The van der Waals surface area contributed by atoms with Gasteiger partial charge in [0.25, 0.3) is 11.5 Å². The van der Waals surface area contributed by atoms with Crippen LogP contribution >= 0.6 is 0 Å². The monoisotopic (exact) mass is 632 g/mol. The van der Waals surface area contributed by atoms with E-state index in [1.54, 1.807) is 64.3 Å². The Bertz CT molecular complexity index is 1680. The molecule has 1 heterocycles. The quantitative estimate of drug-likeness (QED) is 0.163. The second-order valence-corrected chi connectivity index (χ2v) is 9.70. The van der Waals surface area contributed by atoms with Crippen molar-refractivity contribution in [2.45, 2.75) is 61.4 Å². The first-order valence-corrected chi connectivity index (χ1v) is 15.4. The van der Waals surface area contributed by atoms with Gasteiger partial charge in [-0.25, -0.2) is 4.39 Å². The molecule has 0 aliphatic carbocycles. The number of ether oxygens (including phenoxy) is 2. The molecule has 0 saturated carbocycles. The van der Waals surface area contributed by atoms with Gasteiger partial charge in [0.15, 0.2) is 0 Å². The number of hydrogen-bond acceptors (Lipinski definition) is 6. The highest BCUT2D eigenvalue weighted by molar-refractivity contribution is 6.02. The van der Waals surface area contributed by atoms with E-state index in [-0.39, 0.29) is 35.3 Å². The zero-order valence-corrected chi connectivity index (χ0v) is 28.1. The van der Waals surface area contributed by atoms with E-state index in [9.17, 15) is 18.8 Å². The van der Waals surface area contributed by atoms with E-state index in [4.69, 9.17) is 9.47 Å². The number of aromatic nitrogens is 1. The van der Waals surface area contributed by atoms with E-state index in [1.165, 1.54) is 29.8 Å². The highest BCUT2D eigenvalue weighted by Gasteiger charge is 2.24. The van der Waals surface area contributed by atoms with Gasteiger partial charge in [0, 0.05) is 37.3 Å². The molecule has 0 aliphatic heterocycles. The molecule has 2 amide bonds. The number of halogens is 1. The maximum Gasteiger partial charge on any atom is 0.259 e. The number of methoxy groups -OCH3 is 1. The van der Waals surface area contributed by atoms with Crippen LogP contribution in [0.15, 0.2) is 71.5 Å². The van der Waals surface area contributed by atoms with Crippen molar-refractivity contribution >= 4 is 29.0 Å². The molecule has 3 N–H and O–H groups in total. The van der Waals surface area contributed by atoms with E-state index in [0.29, 0.717) is 34.7 Å². The first kappa shape index (κ1) is 37.1. The molecule has 10 heteroatoms. The molecule has 0 saturated heterocycles. The Morgan fingerprint density at radius 2 is 1.57 bits per heavy atom. The molecule has 0 spiro atoms. The first-order valence-electron chi connectivity index (χ1n) is 15.4. The second kappa shape index (κ2) is 18.0. The van der Waals surface area contributed by atoms with Crippen LogP contribution < -0.4 is 31.0 Å². The molecule has 4 aromatic rings. The number of aryl methyl sites for hydroxylation is 1. The predicted octanol–water partition coefficient (Wildman–Crippen LogP) is 8.02. The third-order valence-corrected chi connectivity index (χ3v) is 6.72. The fourth-order valence-corrected chi connectivity index (χ4v) is 4.20. The summed E-state index contributed by atoms with van der Waals surface area (Å²) in [6, 6.07) is 18.1. The number of pyridine rings is 1. The Morgan fingerprint density at radius 1 is 0.891 bits per heavy atom. The lowest BCUT2D eigenvalue weighted by Crippen LogP contribution is -2.29. The average Bonchev–Trinajstić information content (AvgIpc) is 3.07. The second-order valence-electron chi connectivity index (χ2n) is 9.70. The topological polar surface area (TPSA) is 111 Å². The lowest BCUT2D eigenvalue weighted by Gasteiger charge is -2.20. The van der Waals surface area contributed by atoms with E-state index in [1.807, 2.05) is 39.8 Å². The molecule has 1 aromatic heterocycles. The number of rotatable bonds is 10. The van der Waals surface area contributed by atoms with E-state index >= 15 is 0 Å². The number of amides is 2. The summed E-state index contributed by atoms with van der Waals surface area (Å²) in [5.41, 5.74) is 2.25. The highest BCUT2D eigenvalue weighted by Crippen LogP contribution is 2.35. The average molecular weight is 633 g/mol. The van der Waals surface area contributed by atoms with E-state index in [2.05, 4.69) is 16.0 Å². The summed E-state index contributed by atoms with van der Waals surface area (Å²) in [6.45, 7) is 13.4. The van der Waals surface area contributed by atoms with Crippen LogP contribution in [0.25, 0.3) is 0 Å². The van der Waals surface area contributed by atoms with Crippen LogP contribution in [-0.4, -0.2) is 23.5 Å². The summed E-state index contributed by atoms with van der Waals surface area (Å²) >= 11 is 0. The van der Waals surface area contributed by atoms with Crippen molar-refractivity contribution in [2.75, 3.05) is 17.7 Å². The standard InChI is InChI=1S/C32H33FN4O5.2C2H6/c1-6-28(38)35-24-8-7-9-26(20(24)3)42-27-17-29(39)37(4)31(36-25-15-10-19(2)16-23(25)33)30(27)32(40)34-18-21-11-13-22(41-5)14-12-21;2*1-2/h7-17,36H,6,18H2,1-5H3,(H,34,40)(H,35,38);2*1-2H3. The number of carbonyl (C=O) groups is 2. The molecule has 246 valence electrons. The van der Waals surface area contributed by atoms with Crippen LogP contribution in [-0.2, 0) is 18.4 Å². The van der Waals surface area contributed by atoms with Crippen LogP contribution in [0.5, 0.6) is 17.2 Å². The van der Waals surface area contributed by atoms with Crippen molar-refractivity contribution in [2.24, 2.45) is 7.05 Å². The summed E-state index contributed by atoms with van der Waals surface area (Å²) in [6.07, 6.45) is 0.294. The van der Waals surface area contributed by atoms with Crippen LogP contribution in [0.3, 0.4) is 0 Å². The van der Waals surface area contributed by atoms with Gasteiger partial charge < -0.3 is 25.4 Å². The SMILES string of the molecule is CC.CC.CCC(=O)Nc1cccc(Oc2cc(=O)n(C)c(Nc3ccc(C)cc3F)c2C(=O)NCc2ccc(OC)cc2)c1C. The molecule has 46 heavy (non-hydrogen) atoms. The van der Waals surface area contributed by atoms with Crippen molar-refractivity contribution in [3.05, 3.63) is 105 Å². The van der Waals surface area contributed by atoms with Gasteiger partial charge in [0.05, 0.1) is 12.8 Å². The molecular weight excluding hydrogens is 587 g/mol. The molecule has 3 aromatic carbocycles. The Labute approximate surface area is 270 Å². The minimum Gasteiger partial charge on any atom is -0.497 e. The van der Waals surface area contributed by atoms with Crippen molar-refractivity contribution in [1.29, 1.82) is 0 Å². The van der Waals surface area contributed by atoms with Crippen LogP contribution in [0.1, 0.15) is 68.1 Å². The zero-order valence-electron chi connectivity index (χ0n) is 28.1. The van der Waals surface area contributed by atoms with E-state index in [0.717, 1.165) is 5.56 Å². The van der Waals surface area contributed by atoms with Gasteiger partial charge in [-0.1, -0.05) is 58.9 Å². The minimum atomic E-state index is -0.556. The fourth-order valence-electron chi connectivity index (χ4n) is 4.20. The van der Waals surface area contributed by atoms with Gasteiger partial charge in [-0.3, -0.25) is 19.0 Å². The third kappa shape index (κ3) is 9.44. The number of nitrogens with one attached hydrogen (secondary N) is 3. The number of anilines is 3. The van der Waals surface area contributed by atoms with Crippen molar-refractivity contribution in [3.8, 4) is 17.2 Å². The van der Waals surface area contributed by atoms with Gasteiger partial charge in [0.1, 0.15) is 34.4 Å². The van der Waals surface area contributed by atoms with Crippen molar-refractivity contribution < 1.29 is 23.5 Å². The molecule has 4 rings (SSSR count). The normalized spacial score (nSPS) is 9.96. The van der Waals surface area contributed by atoms with Crippen molar-refractivity contribution in [3.63, 3.8) is 0 Å². The number of nitrogens with zero attached hydrogens (tertiary/aromatic N) is 1. The van der Waals surface area contributed by atoms with Gasteiger partial charge in [-0.05, 0) is 61.4 Å². The van der Waals surface area contributed by atoms with Gasteiger partial charge in [-0.15, -0.1) is 0 Å².